The first kappa shape index (κ1) is 11.9. The van der Waals surface area contributed by atoms with Gasteiger partial charge in [0.1, 0.15) is 0 Å². The summed E-state index contributed by atoms with van der Waals surface area (Å²) in [5, 5.41) is 8.09. The first-order chi connectivity index (χ1) is 7.17. The molecule has 1 aromatic rings. The van der Waals surface area contributed by atoms with Crippen LogP contribution in [0.4, 0.5) is 0 Å². The molecule has 0 N–H and O–H groups in total. The largest absolute Gasteiger partial charge is 0.466 e. The Morgan fingerprint density at radius 1 is 1.47 bits per heavy atom. The Labute approximate surface area is 92.4 Å². The lowest BCUT2D eigenvalue weighted by atomic mass is 10.3. The molecule has 1 atom stereocenters. The summed E-state index contributed by atoms with van der Waals surface area (Å²) >= 11 is 1.11. The van der Waals surface area contributed by atoms with Gasteiger partial charge in [0, 0.05) is 0 Å². The van der Waals surface area contributed by atoms with Crippen LogP contribution in [0.3, 0.4) is 0 Å². The van der Waals surface area contributed by atoms with E-state index in [1.54, 1.807) is 6.92 Å². The third-order valence-electron chi connectivity index (χ3n) is 1.73. The zero-order chi connectivity index (χ0) is 11.3. The Morgan fingerprint density at radius 2 is 2.20 bits per heavy atom. The maximum absolute atomic E-state index is 11.2. The molecule has 6 heteroatoms. The van der Waals surface area contributed by atoms with Gasteiger partial charge in [0.15, 0.2) is 0 Å². The fraction of sp³-hybridized carbons (Fsp3) is 0.667. The lowest BCUT2D eigenvalue weighted by molar-refractivity contribution is 0.0525. The highest BCUT2D eigenvalue weighted by Crippen LogP contribution is 2.20. The van der Waals surface area contributed by atoms with E-state index in [1.165, 1.54) is 0 Å². The molecule has 0 spiro atoms. The predicted octanol–water partition coefficient (Wildman–Crippen LogP) is 1.89. The van der Waals surface area contributed by atoms with Crippen LogP contribution in [-0.2, 0) is 4.74 Å². The van der Waals surface area contributed by atoms with Gasteiger partial charge in [0.25, 0.3) is 5.19 Å². The summed E-state index contributed by atoms with van der Waals surface area (Å²) in [6.45, 7) is 6.03. The zero-order valence-electron chi connectivity index (χ0n) is 9.02. The molecular formula is C9H14N2O3S. The van der Waals surface area contributed by atoms with Crippen molar-refractivity contribution in [2.45, 2.75) is 33.3 Å². The molecule has 1 aromatic heterocycles. The van der Waals surface area contributed by atoms with Gasteiger partial charge in [-0.2, -0.15) is 0 Å². The van der Waals surface area contributed by atoms with E-state index in [0.717, 1.165) is 17.8 Å². The summed E-state index contributed by atoms with van der Waals surface area (Å²) in [4.78, 5) is 11.2. The topological polar surface area (TPSA) is 61.3 Å². The van der Waals surface area contributed by atoms with Crippen molar-refractivity contribution in [2.24, 2.45) is 0 Å². The van der Waals surface area contributed by atoms with Crippen LogP contribution in [0.5, 0.6) is 5.19 Å². The average Bonchev–Trinajstić information content (AvgIpc) is 2.66. The fourth-order valence-corrected chi connectivity index (χ4v) is 1.47. The van der Waals surface area contributed by atoms with Gasteiger partial charge in [-0.05, 0) is 31.6 Å². The normalized spacial score (nSPS) is 12.2. The van der Waals surface area contributed by atoms with Crippen molar-refractivity contribution in [3.8, 4) is 5.19 Å². The molecule has 0 aromatic carbocycles. The standard InChI is InChI=1S/C9H14N2O3S/c1-4-6(3)14-9-11-10-7(15-9)8(12)13-5-2/h6H,4-5H2,1-3H3. The lowest BCUT2D eigenvalue weighted by Gasteiger charge is -2.07. The molecule has 0 aliphatic carbocycles. The maximum Gasteiger partial charge on any atom is 0.369 e. The minimum atomic E-state index is -0.450. The summed E-state index contributed by atoms with van der Waals surface area (Å²) < 4.78 is 10.2. The Balaban J connectivity index is 2.59. The molecule has 0 aliphatic heterocycles. The molecule has 1 heterocycles. The molecule has 0 aliphatic rings. The molecule has 0 bridgehead atoms. The Morgan fingerprint density at radius 3 is 2.80 bits per heavy atom. The van der Waals surface area contributed by atoms with Crippen LogP contribution in [0, 0.1) is 0 Å². The van der Waals surface area contributed by atoms with Gasteiger partial charge in [0.2, 0.25) is 5.01 Å². The number of hydrogen-bond donors (Lipinski definition) is 0. The van der Waals surface area contributed by atoms with Gasteiger partial charge in [-0.15, -0.1) is 5.10 Å². The van der Waals surface area contributed by atoms with Crippen molar-refractivity contribution in [1.29, 1.82) is 0 Å². The Kier molecular flexibility index (Phi) is 4.48. The molecular weight excluding hydrogens is 216 g/mol. The zero-order valence-corrected chi connectivity index (χ0v) is 9.84. The highest BCUT2D eigenvalue weighted by atomic mass is 32.1. The number of carbonyl (C=O) groups excluding carboxylic acids is 1. The van der Waals surface area contributed by atoms with E-state index in [9.17, 15) is 4.79 Å². The quantitative estimate of drug-likeness (QED) is 0.723. The van der Waals surface area contributed by atoms with E-state index in [2.05, 4.69) is 10.2 Å². The average molecular weight is 230 g/mol. The van der Waals surface area contributed by atoms with Crippen molar-refractivity contribution in [2.75, 3.05) is 6.61 Å². The number of rotatable bonds is 5. The second-order valence-electron chi connectivity index (χ2n) is 2.93. The Hall–Kier alpha value is -1.17. The van der Waals surface area contributed by atoms with Crippen molar-refractivity contribution in [1.82, 2.24) is 10.2 Å². The number of carbonyl (C=O) groups is 1. The summed E-state index contributed by atoms with van der Waals surface area (Å²) in [6, 6.07) is 0. The first-order valence-electron chi connectivity index (χ1n) is 4.84. The van der Waals surface area contributed by atoms with Gasteiger partial charge in [0.05, 0.1) is 12.7 Å². The van der Waals surface area contributed by atoms with E-state index >= 15 is 0 Å². The minimum absolute atomic E-state index is 0.0768. The summed E-state index contributed by atoms with van der Waals surface area (Å²) in [6.07, 6.45) is 0.960. The summed E-state index contributed by atoms with van der Waals surface area (Å²) in [7, 11) is 0. The number of aromatic nitrogens is 2. The molecule has 0 amide bonds. The fourth-order valence-electron chi connectivity index (χ4n) is 0.788. The molecule has 84 valence electrons. The third kappa shape index (κ3) is 3.47. The van der Waals surface area contributed by atoms with Crippen LogP contribution in [0.2, 0.25) is 0 Å². The van der Waals surface area contributed by atoms with Crippen LogP contribution in [0.25, 0.3) is 0 Å². The highest BCUT2D eigenvalue weighted by molar-refractivity contribution is 7.14. The van der Waals surface area contributed by atoms with Crippen molar-refractivity contribution < 1.29 is 14.3 Å². The van der Waals surface area contributed by atoms with E-state index in [0.29, 0.717) is 11.8 Å². The first-order valence-corrected chi connectivity index (χ1v) is 5.66. The Bertz CT molecular complexity index is 327. The van der Waals surface area contributed by atoms with Gasteiger partial charge < -0.3 is 9.47 Å². The SMILES string of the molecule is CCOC(=O)c1nnc(OC(C)CC)s1. The van der Waals surface area contributed by atoms with Gasteiger partial charge in [-0.3, -0.25) is 0 Å². The second kappa shape index (κ2) is 5.65. The van der Waals surface area contributed by atoms with Crippen LogP contribution in [0.15, 0.2) is 0 Å². The van der Waals surface area contributed by atoms with Crippen LogP contribution in [0.1, 0.15) is 37.0 Å². The van der Waals surface area contributed by atoms with Crippen molar-refractivity contribution >= 4 is 17.3 Å². The smallest absolute Gasteiger partial charge is 0.369 e. The van der Waals surface area contributed by atoms with Crippen LogP contribution < -0.4 is 4.74 Å². The molecule has 0 saturated carbocycles. The molecule has 0 saturated heterocycles. The number of esters is 1. The number of nitrogens with zero attached hydrogens (tertiary/aromatic N) is 2. The summed E-state index contributed by atoms with van der Waals surface area (Å²) in [5.41, 5.74) is 0. The molecule has 0 radical (unpaired) electrons. The third-order valence-corrected chi connectivity index (χ3v) is 2.53. The second-order valence-corrected chi connectivity index (χ2v) is 3.87. The van der Waals surface area contributed by atoms with Crippen molar-refractivity contribution in [3.05, 3.63) is 5.01 Å². The number of hydrogen-bond acceptors (Lipinski definition) is 6. The minimum Gasteiger partial charge on any atom is -0.466 e. The van der Waals surface area contributed by atoms with Gasteiger partial charge in [-0.1, -0.05) is 12.0 Å². The maximum atomic E-state index is 11.2. The predicted molar refractivity (Wildman–Crippen MR) is 56.2 cm³/mol. The lowest BCUT2D eigenvalue weighted by Crippen LogP contribution is -2.09. The molecule has 15 heavy (non-hydrogen) atoms. The molecule has 1 unspecified atom stereocenters. The number of ether oxygens (including phenoxy) is 2. The molecule has 0 fully saturated rings. The van der Waals surface area contributed by atoms with Crippen LogP contribution in [-0.4, -0.2) is 28.9 Å². The highest BCUT2D eigenvalue weighted by Gasteiger charge is 2.15. The van der Waals surface area contributed by atoms with Gasteiger partial charge >= 0.3 is 5.97 Å². The van der Waals surface area contributed by atoms with E-state index < -0.39 is 5.97 Å². The van der Waals surface area contributed by atoms with Crippen molar-refractivity contribution in [3.63, 3.8) is 0 Å². The van der Waals surface area contributed by atoms with E-state index in [-0.39, 0.29) is 11.1 Å². The van der Waals surface area contributed by atoms with Crippen LogP contribution >= 0.6 is 11.3 Å². The van der Waals surface area contributed by atoms with Gasteiger partial charge in [-0.25, -0.2) is 4.79 Å². The molecule has 1 rings (SSSR count). The summed E-state index contributed by atoms with van der Waals surface area (Å²) in [5.74, 6) is -0.450. The van der Waals surface area contributed by atoms with E-state index in [1.807, 2.05) is 13.8 Å². The van der Waals surface area contributed by atoms with E-state index in [4.69, 9.17) is 9.47 Å². The monoisotopic (exact) mass is 230 g/mol. The molecule has 5 nitrogen and oxygen atoms in total.